The van der Waals surface area contributed by atoms with E-state index in [4.69, 9.17) is 0 Å². The maximum Gasteiger partial charge on any atom is 0.253 e. The molecule has 0 aliphatic carbocycles. The number of anilines is 3. The van der Waals surface area contributed by atoms with Gasteiger partial charge in [-0.15, -0.1) is 0 Å². The van der Waals surface area contributed by atoms with Crippen molar-refractivity contribution in [2.45, 2.75) is 26.2 Å². The number of likely N-dealkylation sites (tertiary alicyclic amines) is 1. The summed E-state index contributed by atoms with van der Waals surface area (Å²) in [5.41, 5.74) is 2.77. The topological polar surface area (TPSA) is 81.8 Å². The summed E-state index contributed by atoms with van der Waals surface area (Å²) < 4.78 is 0. The lowest BCUT2D eigenvalue weighted by molar-refractivity contribution is -0.116. The first-order valence-corrected chi connectivity index (χ1v) is 10.2. The molecule has 1 aliphatic heterocycles. The number of rotatable bonds is 6. The summed E-state index contributed by atoms with van der Waals surface area (Å²) in [5, 5.41) is 5.89. The molecule has 3 rings (SSSR count). The van der Waals surface area contributed by atoms with Crippen LogP contribution in [0.1, 0.15) is 36.5 Å². The number of hydrogen-bond acceptors (Lipinski definition) is 4. The number of benzene rings is 2. The molecule has 2 aromatic carbocycles. The second-order valence-corrected chi connectivity index (χ2v) is 7.46. The molecule has 0 radical (unpaired) electrons. The van der Waals surface area contributed by atoms with E-state index in [9.17, 15) is 14.4 Å². The van der Waals surface area contributed by atoms with Gasteiger partial charge in [-0.25, -0.2) is 0 Å². The van der Waals surface area contributed by atoms with Crippen molar-refractivity contribution in [2.75, 3.05) is 42.2 Å². The highest BCUT2D eigenvalue weighted by Crippen LogP contribution is 2.18. The van der Waals surface area contributed by atoms with Crippen molar-refractivity contribution < 1.29 is 14.4 Å². The van der Waals surface area contributed by atoms with E-state index in [0.29, 0.717) is 11.3 Å². The zero-order chi connectivity index (χ0) is 21.5. The minimum absolute atomic E-state index is 0.0402. The highest BCUT2D eigenvalue weighted by Gasteiger charge is 2.18. The third kappa shape index (κ3) is 5.59. The van der Waals surface area contributed by atoms with Crippen molar-refractivity contribution in [3.8, 4) is 0 Å². The Morgan fingerprint density at radius 2 is 1.67 bits per heavy atom. The van der Waals surface area contributed by atoms with Crippen LogP contribution in [0.2, 0.25) is 0 Å². The monoisotopic (exact) mass is 408 g/mol. The third-order valence-electron chi connectivity index (χ3n) is 5.22. The van der Waals surface area contributed by atoms with Crippen LogP contribution in [0.25, 0.3) is 0 Å². The van der Waals surface area contributed by atoms with Gasteiger partial charge in [-0.2, -0.15) is 0 Å². The molecule has 7 heteroatoms. The van der Waals surface area contributed by atoms with E-state index in [2.05, 4.69) is 10.6 Å². The SMILES string of the molecule is CC(=O)N(C)c1ccc(NC(=O)CNc2cccc(C(=O)N3CCCCC3)c2)cc1. The Labute approximate surface area is 177 Å². The van der Waals surface area contributed by atoms with Crippen LogP contribution >= 0.6 is 0 Å². The Morgan fingerprint density at radius 1 is 0.967 bits per heavy atom. The molecule has 7 nitrogen and oxygen atoms in total. The van der Waals surface area contributed by atoms with Gasteiger partial charge in [0.1, 0.15) is 0 Å². The summed E-state index contributed by atoms with van der Waals surface area (Å²) in [6.07, 6.45) is 3.28. The van der Waals surface area contributed by atoms with Gasteiger partial charge in [-0.1, -0.05) is 6.07 Å². The molecule has 2 aromatic rings. The van der Waals surface area contributed by atoms with Crippen LogP contribution in [-0.4, -0.2) is 49.3 Å². The zero-order valence-corrected chi connectivity index (χ0v) is 17.5. The molecular formula is C23H28N4O3. The number of amides is 3. The molecule has 0 aromatic heterocycles. The van der Waals surface area contributed by atoms with E-state index in [1.807, 2.05) is 23.1 Å². The molecular weight excluding hydrogens is 380 g/mol. The van der Waals surface area contributed by atoms with Gasteiger partial charge in [-0.3, -0.25) is 14.4 Å². The Morgan fingerprint density at radius 3 is 2.33 bits per heavy atom. The Balaban J connectivity index is 1.53. The Kier molecular flexibility index (Phi) is 7.06. The van der Waals surface area contributed by atoms with Crippen molar-refractivity contribution in [3.05, 3.63) is 54.1 Å². The maximum atomic E-state index is 12.6. The number of carbonyl (C=O) groups is 3. The van der Waals surface area contributed by atoms with Gasteiger partial charge < -0.3 is 20.4 Å². The predicted octanol–water partition coefficient (Wildman–Crippen LogP) is 3.35. The molecule has 2 N–H and O–H groups in total. The quantitative estimate of drug-likeness (QED) is 0.768. The molecule has 1 heterocycles. The van der Waals surface area contributed by atoms with Crippen molar-refractivity contribution in [1.82, 2.24) is 4.90 Å². The maximum absolute atomic E-state index is 12.6. The molecule has 158 valence electrons. The van der Waals surface area contributed by atoms with Crippen LogP contribution in [-0.2, 0) is 9.59 Å². The first-order chi connectivity index (χ1) is 14.4. The zero-order valence-electron chi connectivity index (χ0n) is 17.5. The fraction of sp³-hybridized carbons (Fsp3) is 0.348. The second-order valence-electron chi connectivity index (χ2n) is 7.46. The number of carbonyl (C=O) groups excluding carboxylic acids is 3. The van der Waals surface area contributed by atoms with Crippen molar-refractivity contribution in [3.63, 3.8) is 0 Å². The van der Waals surface area contributed by atoms with E-state index in [1.54, 1.807) is 37.4 Å². The van der Waals surface area contributed by atoms with Crippen LogP contribution in [0.15, 0.2) is 48.5 Å². The fourth-order valence-corrected chi connectivity index (χ4v) is 3.38. The molecule has 1 fully saturated rings. The minimum atomic E-state index is -0.199. The average molecular weight is 409 g/mol. The first kappa shape index (κ1) is 21.4. The molecule has 1 aliphatic rings. The van der Waals surface area contributed by atoms with Crippen LogP contribution in [0.3, 0.4) is 0 Å². The van der Waals surface area contributed by atoms with Crippen molar-refractivity contribution in [2.24, 2.45) is 0 Å². The number of nitrogens with zero attached hydrogens (tertiary/aromatic N) is 2. The summed E-state index contributed by atoms with van der Waals surface area (Å²) in [5.74, 6) is -0.217. The number of hydrogen-bond donors (Lipinski definition) is 2. The van der Waals surface area contributed by atoms with Gasteiger partial charge in [-0.05, 0) is 61.7 Å². The van der Waals surface area contributed by atoms with Crippen LogP contribution in [0, 0.1) is 0 Å². The summed E-state index contributed by atoms with van der Waals surface area (Å²) in [6, 6.07) is 14.3. The normalized spacial score (nSPS) is 13.5. The van der Waals surface area contributed by atoms with E-state index in [1.165, 1.54) is 18.2 Å². The summed E-state index contributed by atoms with van der Waals surface area (Å²) in [7, 11) is 1.70. The van der Waals surface area contributed by atoms with Gasteiger partial charge in [0.25, 0.3) is 5.91 Å². The lowest BCUT2D eigenvalue weighted by atomic mass is 10.1. The smallest absolute Gasteiger partial charge is 0.253 e. The molecule has 0 unspecified atom stereocenters. The van der Waals surface area contributed by atoms with Crippen molar-refractivity contribution in [1.29, 1.82) is 0 Å². The minimum Gasteiger partial charge on any atom is -0.376 e. The molecule has 1 saturated heterocycles. The second kappa shape index (κ2) is 9.91. The van der Waals surface area contributed by atoms with Crippen LogP contribution in [0.4, 0.5) is 17.1 Å². The Bertz CT molecular complexity index is 905. The standard InChI is InChI=1S/C23H28N4O3/c1-17(28)26(2)21-11-9-19(10-12-21)25-22(29)16-24-20-8-6-7-18(15-20)23(30)27-13-4-3-5-14-27/h6-12,15,24H,3-5,13-14,16H2,1-2H3,(H,25,29). The predicted molar refractivity (Wildman–Crippen MR) is 119 cm³/mol. The molecule has 0 atom stereocenters. The lowest BCUT2D eigenvalue weighted by Crippen LogP contribution is -2.35. The number of piperidine rings is 1. The van der Waals surface area contributed by atoms with Gasteiger partial charge in [0.2, 0.25) is 11.8 Å². The van der Waals surface area contributed by atoms with E-state index < -0.39 is 0 Å². The molecule has 30 heavy (non-hydrogen) atoms. The average Bonchev–Trinajstić information content (AvgIpc) is 2.78. The summed E-state index contributed by atoms with van der Waals surface area (Å²) >= 11 is 0. The van der Waals surface area contributed by atoms with Crippen molar-refractivity contribution >= 4 is 34.8 Å². The van der Waals surface area contributed by atoms with Crippen LogP contribution in [0.5, 0.6) is 0 Å². The fourth-order valence-electron chi connectivity index (χ4n) is 3.38. The van der Waals surface area contributed by atoms with E-state index >= 15 is 0 Å². The van der Waals surface area contributed by atoms with Gasteiger partial charge in [0.15, 0.2) is 0 Å². The third-order valence-corrected chi connectivity index (χ3v) is 5.22. The Hall–Kier alpha value is -3.35. The largest absolute Gasteiger partial charge is 0.376 e. The molecule has 0 bridgehead atoms. The molecule has 3 amide bonds. The number of nitrogens with one attached hydrogen (secondary N) is 2. The molecule has 0 saturated carbocycles. The highest BCUT2D eigenvalue weighted by molar-refractivity contribution is 5.96. The summed E-state index contributed by atoms with van der Waals surface area (Å²) in [6.45, 7) is 3.19. The van der Waals surface area contributed by atoms with E-state index in [-0.39, 0.29) is 24.3 Å². The lowest BCUT2D eigenvalue weighted by Gasteiger charge is -2.26. The van der Waals surface area contributed by atoms with Gasteiger partial charge in [0.05, 0.1) is 6.54 Å². The summed E-state index contributed by atoms with van der Waals surface area (Å²) in [4.78, 5) is 39.7. The van der Waals surface area contributed by atoms with E-state index in [0.717, 1.165) is 37.3 Å². The van der Waals surface area contributed by atoms with Crippen LogP contribution < -0.4 is 15.5 Å². The molecule has 0 spiro atoms. The highest BCUT2D eigenvalue weighted by atomic mass is 16.2. The van der Waals surface area contributed by atoms with Gasteiger partial charge in [0, 0.05) is 49.7 Å². The first-order valence-electron chi connectivity index (χ1n) is 10.2. The van der Waals surface area contributed by atoms with Gasteiger partial charge >= 0.3 is 0 Å².